The molecule has 4 rings (SSSR count). The molecule has 6 nitrogen and oxygen atoms in total. The van der Waals surface area contributed by atoms with Crippen molar-refractivity contribution >= 4 is 11.7 Å². The minimum atomic E-state index is -4.24. The number of pyridine rings is 1. The summed E-state index contributed by atoms with van der Waals surface area (Å²) < 4.78 is 39.7. The second kappa shape index (κ2) is 6.79. The first-order valence-corrected chi connectivity index (χ1v) is 8.84. The van der Waals surface area contributed by atoms with Crippen LogP contribution in [-0.2, 0) is 6.42 Å². The number of fused-ring (bicyclic) bond motifs is 1. The van der Waals surface area contributed by atoms with Crippen LogP contribution in [0.25, 0.3) is 11.4 Å². The molecule has 0 radical (unpaired) electrons. The summed E-state index contributed by atoms with van der Waals surface area (Å²) in [5.74, 6) is -0.990. The summed E-state index contributed by atoms with van der Waals surface area (Å²) in [6.45, 7) is 0.746. The number of carbonyl (C=O) groups excluding carboxylic acids is 1. The van der Waals surface area contributed by atoms with Crippen LogP contribution in [0.2, 0.25) is 0 Å². The number of rotatable bonds is 2. The summed E-state index contributed by atoms with van der Waals surface area (Å²) in [7, 11) is 0. The van der Waals surface area contributed by atoms with E-state index in [0.29, 0.717) is 48.7 Å². The SMILES string of the molecule is O=C1NCCc2c1nc(-c1cccnc1)nc2N1CCCC(C(F)(F)F)C1. The van der Waals surface area contributed by atoms with Gasteiger partial charge in [-0.1, -0.05) is 0 Å². The molecule has 1 atom stereocenters. The lowest BCUT2D eigenvalue weighted by atomic mass is 9.96. The zero-order valence-corrected chi connectivity index (χ0v) is 14.5. The molecule has 2 aliphatic heterocycles. The van der Waals surface area contributed by atoms with Gasteiger partial charge in [0, 0.05) is 43.2 Å². The van der Waals surface area contributed by atoms with E-state index >= 15 is 0 Å². The Bertz CT molecular complexity index is 856. The van der Waals surface area contributed by atoms with Crippen LogP contribution in [-0.4, -0.2) is 46.7 Å². The zero-order chi connectivity index (χ0) is 19.0. The van der Waals surface area contributed by atoms with Crippen LogP contribution >= 0.6 is 0 Å². The molecule has 0 aliphatic carbocycles. The molecule has 1 N–H and O–H groups in total. The second-order valence-corrected chi connectivity index (χ2v) is 6.77. The van der Waals surface area contributed by atoms with Crippen molar-refractivity contribution in [3.8, 4) is 11.4 Å². The van der Waals surface area contributed by atoms with E-state index in [4.69, 9.17) is 0 Å². The summed E-state index contributed by atoms with van der Waals surface area (Å²) in [6.07, 6.45) is -0.0259. The van der Waals surface area contributed by atoms with Gasteiger partial charge in [0.05, 0.1) is 5.92 Å². The molecule has 1 saturated heterocycles. The number of hydrogen-bond donors (Lipinski definition) is 1. The smallest absolute Gasteiger partial charge is 0.356 e. The molecule has 142 valence electrons. The van der Waals surface area contributed by atoms with Gasteiger partial charge in [-0.05, 0) is 31.4 Å². The molecule has 27 heavy (non-hydrogen) atoms. The largest absolute Gasteiger partial charge is 0.393 e. The number of halogens is 3. The molecule has 2 aromatic heterocycles. The fourth-order valence-corrected chi connectivity index (χ4v) is 3.60. The van der Waals surface area contributed by atoms with Crippen molar-refractivity contribution in [1.82, 2.24) is 20.3 Å². The number of amides is 1. The third kappa shape index (κ3) is 3.45. The Kier molecular flexibility index (Phi) is 4.45. The Morgan fingerprint density at radius 2 is 2.11 bits per heavy atom. The number of nitrogens with zero attached hydrogens (tertiary/aromatic N) is 4. The molecule has 4 heterocycles. The van der Waals surface area contributed by atoms with Crippen LogP contribution in [0.15, 0.2) is 24.5 Å². The van der Waals surface area contributed by atoms with Crippen molar-refractivity contribution < 1.29 is 18.0 Å². The van der Waals surface area contributed by atoms with Crippen LogP contribution < -0.4 is 10.2 Å². The molecular weight excluding hydrogens is 359 g/mol. The normalized spacial score (nSPS) is 20.2. The highest BCUT2D eigenvalue weighted by Crippen LogP contribution is 2.36. The van der Waals surface area contributed by atoms with Gasteiger partial charge in [0.25, 0.3) is 5.91 Å². The van der Waals surface area contributed by atoms with Gasteiger partial charge in [-0.3, -0.25) is 9.78 Å². The van der Waals surface area contributed by atoms with E-state index in [0.717, 1.165) is 0 Å². The maximum Gasteiger partial charge on any atom is 0.393 e. The summed E-state index contributed by atoms with van der Waals surface area (Å²) >= 11 is 0. The van der Waals surface area contributed by atoms with E-state index in [2.05, 4.69) is 20.3 Å². The Morgan fingerprint density at radius 1 is 1.26 bits per heavy atom. The van der Waals surface area contributed by atoms with Crippen LogP contribution in [0.5, 0.6) is 0 Å². The van der Waals surface area contributed by atoms with Crippen LogP contribution in [0.3, 0.4) is 0 Å². The molecule has 0 saturated carbocycles. The minimum Gasteiger partial charge on any atom is -0.356 e. The summed E-state index contributed by atoms with van der Waals surface area (Å²) in [4.78, 5) is 26.9. The van der Waals surface area contributed by atoms with Gasteiger partial charge in [0.15, 0.2) is 5.82 Å². The number of alkyl halides is 3. The average Bonchev–Trinajstić information content (AvgIpc) is 2.68. The van der Waals surface area contributed by atoms with Crippen molar-refractivity contribution in [2.75, 3.05) is 24.5 Å². The Hall–Kier alpha value is -2.71. The Balaban J connectivity index is 1.79. The van der Waals surface area contributed by atoms with Crippen molar-refractivity contribution in [3.05, 3.63) is 35.8 Å². The molecule has 1 fully saturated rings. The number of anilines is 1. The fourth-order valence-electron chi connectivity index (χ4n) is 3.60. The van der Waals surface area contributed by atoms with E-state index in [1.807, 2.05) is 0 Å². The van der Waals surface area contributed by atoms with Gasteiger partial charge in [0.2, 0.25) is 0 Å². The van der Waals surface area contributed by atoms with Gasteiger partial charge < -0.3 is 10.2 Å². The van der Waals surface area contributed by atoms with Crippen molar-refractivity contribution in [2.45, 2.75) is 25.4 Å². The van der Waals surface area contributed by atoms with Crippen molar-refractivity contribution in [2.24, 2.45) is 5.92 Å². The second-order valence-electron chi connectivity index (χ2n) is 6.77. The summed E-state index contributed by atoms with van der Waals surface area (Å²) in [6, 6.07) is 3.48. The monoisotopic (exact) mass is 377 g/mol. The van der Waals surface area contributed by atoms with E-state index in [1.165, 1.54) is 0 Å². The van der Waals surface area contributed by atoms with Crippen molar-refractivity contribution in [1.29, 1.82) is 0 Å². The molecule has 1 amide bonds. The van der Waals surface area contributed by atoms with Crippen LogP contribution in [0.4, 0.5) is 19.0 Å². The molecule has 2 aliphatic rings. The maximum absolute atomic E-state index is 13.2. The van der Waals surface area contributed by atoms with Gasteiger partial charge in [-0.15, -0.1) is 0 Å². The van der Waals surface area contributed by atoms with Crippen molar-refractivity contribution in [3.63, 3.8) is 0 Å². The standard InChI is InChI=1S/C18H18F3N5O/c19-18(20,21)12-4-2-8-26(10-12)16-13-5-7-23-17(27)14(13)24-15(25-16)11-3-1-6-22-9-11/h1,3,6,9,12H,2,4-5,7-8,10H2,(H,23,27). The summed E-state index contributed by atoms with van der Waals surface area (Å²) in [5, 5.41) is 2.74. The predicted molar refractivity (Wildman–Crippen MR) is 92.3 cm³/mol. The number of carbonyl (C=O) groups is 1. The summed E-state index contributed by atoms with van der Waals surface area (Å²) in [5.41, 5.74) is 1.47. The number of hydrogen-bond acceptors (Lipinski definition) is 5. The van der Waals surface area contributed by atoms with Gasteiger partial charge in [-0.2, -0.15) is 13.2 Å². The van der Waals surface area contributed by atoms with E-state index in [9.17, 15) is 18.0 Å². The highest BCUT2D eigenvalue weighted by atomic mass is 19.4. The molecular formula is C18H18F3N5O. The first kappa shape index (κ1) is 17.7. The lowest BCUT2D eigenvalue weighted by Crippen LogP contribution is -2.43. The Labute approximate surface area is 153 Å². The average molecular weight is 377 g/mol. The quantitative estimate of drug-likeness (QED) is 0.871. The predicted octanol–water partition coefficient (Wildman–Crippen LogP) is 2.60. The van der Waals surface area contributed by atoms with Crippen LogP contribution in [0, 0.1) is 5.92 Å². The first-order valence-electron chi connectivity index (χ1n) is 8.84. The zero-order valence-electron chi connectivity index (χ0n) is 14.5. The fraction of sp³-hybridized carbons (Fsp3) is 0.444. The van der Waals surface area contributed by atoms with E-state index in [1.54, 1.807) is 29.4 Å². The molecule has 2 aromatic rings. The minimum absolute atomic E-state index is 0.114. The molecule has 0 aromatic carbocycles. The maximum atomic E-state index is 13.2. The highest BCUT2D eigenvalue weighted by Gasteiger charge is 2.42. The highest BCUT2D eigenvalue weighted by molar-refractivity contribution is 5.96. The van der Waals surface area contributed by atoms with Gasteiger partial charge in [0.1, 0.15) is 11.5 Å². The molecule has 9 heteroatoms. The third-order valence-electron chi connectivity index (χ3n) is 4.96. The number of nitrogens with one attached hydrogen (secondary N) is 1. The van der Waals surface area contributed by atoms with Gasteiger partial charge >= 0.3 is 6.18 Å². The Morgan fingerprint density at radius 3 is 2.85 bits per heavy atom. The lowest BCUT2D eigenvalue weighted by molar-refractivity contribution is -0.176. The molecule has 0 bridgehead atoms. The first-order chi connectivity index (χ1) is 12.9. The third-order valence-corrected chi connectivity index (χ3v) is 4.96. The van der Waals surface area contributed by atoms with E-state index in [-0.39, 0.29) is 24.6 Å². The number of piperidine rings is 1. The number of aromatic nitrogens is 3. The molecule has 0 spiro atoms. The van der Waals surface area contributed by atoms with E-state index < -0.39 is 12.1 Å². The topological polar surface area (TPSA) is 71.0 Å². The lowest BCUT2D eigenvalue weighted by Gasteiger charge is -2.36. The molecule has 1 unspecified atom stereocenters. The van der Waals surface area contributed by atoms with Gasteiger partial charge in [-0.25, -0.2) is 9.97 Å². The van der Waals surface area contributed by atoms with Crippen LogP contribution in [0.1, 0.15) is 28.9 Å².